The quantitative estimate of drug-likeness (QED) is 0.0907. The molecule has 0 spiro atoms. The lowest BCUT2D eigenvalue weighted by Gasteiger charge is -2.58. The molecule has 8 aromatic carbocycles. The fraction of sp³-hybridized carbons (Fsp3) is 0.504. The highest BCUT2D eigenvalue weighted by Gasteiger charge is 2.56. The van der Waals surface area contributed by atoms with Gasteiger partial charge in [-0.2, -0.15) is 0 Å². The molecule has 2 bridgehead atoms. The molecule has 4 unspecified atom stereocenters. The molecular weight excluding hydrogens is 1700 g/mol. The maximum absolute atomic E-state index is 13.4. The molecule has 9 saturated carbocycles. The molecule has 8 aromatic rings. The van der Waals surface area contributed by atoms with Crippen molar-refractivity contribution < 1.29 is 34.3 Å². The lowest BCUT2D eigenvalue weighted by atomic mass is 9.45. The van der Waals surface area contributed by atoms with Gasteiger partial charge >= 0.3 is 0 Å². The van der Waals surface area contributed by atoms with E-state index in [1.807, 2.05) is 88.5 Å². The van der Waals surface area contributed by atoms with Gasteiger partial charge in [0.15, 0.2) is 0 Å². The molecule has 139 heavy (non-hydrogen) atoms. The van der Waals surface area contributed by atoms with Crippen molar-refractivity contribution in [1.82, 2.24) is 4.90 Å². The largest absolute Gasteiger partial charge is 0.380 e. The van der Waals surface area contributed by atoms with Crippen molar-refractivity contribution in [2.24, 2.45) is 51.2 Å². The van der Waals surface area contributed by atoms with Gasteiger partial charge in [-0.15, -0.1) is 0 Å². The molecule has 2 aliphatic heterocycles. The van der Waals surface area contributed by atoms with Crippen LogP contribution in [0.2, 0.25) is 0 Å². The lowest BCUT2D eigenvalue weighted by molar-refractivity contribution is -0.131. The summed E-state index contributed by atoms with van der Waals surface area (Å²) in [4.78, 5) is 13.8. The minimum absolute atomic E-state index is 0.0494. The second-order valence-electron chi connectivity index (χ2n) is 45.2. The molecule has 11 fully saturated rings. The summed E-state index contributed by atoms with van der Waals surface area (Å²) in [6.45, 7) is 47.2. The molecule has 4 atom stereocenters. The van der Waals surface area contributed by atoms with Crippen molar-refractivity contribution in [3.63, 3.8) is 0 Å². The van der Waals surface area contributed by atoms with Gasteiger partial charge in [0.2, 0.25) is 5.91 Å². The third-order valence-corrected chi connectivity index (χ3v) is 29.5. The van der Waals surface area contributed by atoms with Gasteiger partial charge in [0.05, 0.1) is 12.0 Å². The van der Waals surface area contributed by atoms with Crippen LogP contribution in [0.25, 0.3) is 0 Å². The number of benzene rings is 8. The fourth-order valence-corrected chi connectivity index (χ4v) is 17.9. The van der Waals surface area contributed by atoms with E-state index in [1.54, 1.807) is 11.0 Å². The number of nitrogens with zero attached hydrogens (tertiary/aromatic N) is 1. The van der Waals surface area contributed by atoms with Crippen molar-refractivity contribution in [3.8, 4) is 94.7 Å². The highest BCUT2D eigenvalue weighted by molar-refractivity contribution is 5.87. The summed E-state index contributed by atoms with van der Waals surface area (Å²) < 4.78 is 18.8. The summed E-state index contributed by atoms with van der Waals surface area (Å²) in [5, 5.41) is 41.1. The molecule has 19 rings (SSSR count). The van der Waals surface area contributed by atoms with Gasteiger partial charge in [-0.1, -0.05) is 303 Å². The topological polar surface area (TPSA) is 110 Å². The molecule has 8 heteroatoms. The van der Waals surface area contributed by atoms with Crippen molar-refractivity contribution >= 4 is 5.91 Å². The Morgan fingerprint density at radius 2 is 0.683 bits per heavy atom. The van der Waals surface area contributed by atoms with Crippen LogP contribution in [0.4, 0.5) is 4.39 Å². The summed E-state index contributed by atoms with van der Waals surface area (Å²) in [5.41, 5.74) is 15.5. The van der Waals surface area contributed by atoms with Crippen LogP contribution in [0.1, 0.15) is 410 Å². The van der Waals surface area contributed by atoms with Gasteiger partial charge in [-0.05, 0) is 375 Å². The molecule has 0 radical (unpaired) electrons. The minimum atomic E-state index is -0.827. The predicted molar refractivity (Wildman–Crippen MR) is 575 cm³/mol. The Hall–Kier alpha value is -10.6. The van der Waals surface area contributed by atoms with E-state index in [0.29, 0.717) is 76.4 Å². The number of carbonyl (C=O) groups excluding carboxylic acids is 1. The zero-order chi connectivity index (χ0) is 101. The van der Waals surface area contributed by atoms with Crippen LogP contribution in [0, 0.1) is 152 Å². The van der Waals surface area contributed by atoms with E-state index in [1.165, 1.54) is 95.5 Å². The van der Waals surface area contributed by atoms with Gasteiger partial charge in [0.25, 0.3) is 0 Å². The third kappa shape index (κ3) is 33.0. The maximum Gasteiger partial charge on any atom is 0.240 e. The predicted octanol–water partition coefficient (Wildman–Crippen LogP) is 28.9. The Balaban J connectivity index is 0.000000152. The molecule has 9 aliphatic carbocycles. The average molecular weight is 1860 g/mol. The second-order valence-corrected chi connectivity index (χ2v) is 45.2. The van der Waals surface area contributed by atoms with Crippen molar-refractivity contribution in [1.29, 1.82) is 0 Å². The summed E-state index contributed by atoms with van der Waals surface area (Å²) >= 11 is 0. The van der Waals surface area contributed by atoms with Crippen molar-refractivity contribution in [2.45, 2.75) is 344 Å². The number of amides is 1. The van der Waals surface area contributed by atoms with Crippen molar-refractivity contribution in [3.05, 3.63) is 283 Å². The second kappa shape index (κ2) is 48.7. The van der Waals surface area contributed by atoms with Gasteiger partial charge < -0.3 is 30.1 Å². The van der Waals surface area contributed by atoms with Crippen LogP contribution in [-0.2, 0) is 9.53 Å². The van der Waals surface area contributed by atoms with Crippen LogP contribution in [-0.4, -0.2) is 80.4 Å². The van der Waals surface area contributed by atoms with E-state index in [-0.39, 0.29) is 22.6 Å². The molecular formula is C131H160FNO6. The minimum Gasteiger partial charge on any atom is -0.380 e. The summed E-state index contributed by atoms with van der Waals surface area (Å²) in [7, 11) is 1.84. The molecule has 2 heterocycles. The normalized spacial score (nSPS) is 20.8. The Morgan fingerprint density at radius 1 is 0.360 bits per heavy atom. The first-order valence-corrected chi connectivity index (χ1v) is 52.3. The van der Waals surface area contributed by atoms with Crippen molar-refractivity contribution in [2.75, 3.05) is 26.8 Å². The number of hydrogen-bond acceptors (Lipinski definition) is 6. The first-order valence-electron chi connectivity index (χ1n) is 52.3. The van der Waals surface area contributed by atoms with E-state index < -0.39 is 27.8 Å². The van der Waals surface area contributed by atoms with E-state index in [0.717, 1.165) is 154 Å². The zero-order valence-corrected chi connectivity index (χ0v) is 88.1. The molecule has 2 saturated heterocycles. The van der Waals surface area contributed by atoms with Gasteiger partial charge in [-0.3, -0.25) is 4.79 Å². The van der Waals surface area contributed by atoms with Crippen LogP contribution in [0.5, 0.6) is 0 Å². The summed E-state index contributed by atoms with van der Waals surface area (Å²) in [5.74, 6) is 57.7. The van der Waals surface area contributed by atoms with E-state index in [2.05, 4.69) is 335 Å². The van der Waals surface area contributed by atoms with Crippen LogP contribution < -0.4 is 0 Å². The molecule has 732 valence electrons. The third-order valence-electron chi connectivity index (χ3n) is 29.5. The zero-order valence-electron chi connectivity index (χ0n) is 88.1. The highest BCUT2D eigenvalue weighted by atomic mass is 19.1. The monoisotopic (exact) mass is 1860 g/mol. The molecule has 11 aliphatic rings. The number of ether oxygens (including phenoxy) is 1. The number of aliphatic hydroxyl groups is 4. The fourth-order valence-electron chi connectivity index (χ4n) is 17.9. The molecule has 0 aromatic heterocycles. The van der Waals surface area contributed by atoms with Crippen LogP contribution in [0.3, 0.4) is 0 Å². The Morgan fingerprint density at radius 3 is 0.978 bits per heavy atom. The molecule has 4 N–H and O–H groups in total. The summed E-state index contributed by atoms with van der Waals surface area (Å²) in [6.07, 6.45) is 22.5. The molecule has 1 amide bonds. The van der Waals surface area contributed by atoms with E-state index >= 15 is 0 Å². The van der Waals surface area contributed by atoms with Gasteiger partial charge in [0, 0.05) is 75.5 Å². The Labute approximate surface area is 838 Å². The molecule has 7 nitrogen and oxygen atoms in total. The lowest BCUT2D eigenvalue weighted by Crippen LogP contribution is -2.50. The number of carbonyl (C=O) groups is 1. The Bertz CT molecular complexity index is 5860. The SMILES string of the molecule is CC(C)c1cc(F)cc(C#CC2(C)CCC2)c1.CC(C)c1cccc(C#CC(C)(O)C2CC2)c1.CC(C)c1cccc(C#CC(C)(O)C2CCC2)c1.CC(C)c1cccc(C#CC(O)(C2CC2)C2CC2)c1.CC(C)c1cccc(C#CC2(C)CCN(C)C2=O)c1.CC(C)c1cccc(C#CC2(C)CCOC2)c1.CC(C)c1cccc(C#CC2(O)CCC2)c1.CC(C)c1cccc(C#CC23CC(C2)C3)c1. The number of likely N-dealkylation sites (tertiary alicyclic amines) is 1. The first-order chi connectivity index (χ1) is 65.8. The number of halogens is 1. The number of hydrogen-bond donors (Lipinski definition) is 4. The smallest absolute Gasteiger partial charge is 0.240 e. The van der Waals surface area contributed by atoms with Gasteiger partial charge in [0.1, 0.15) is 33.6 Å². The van der Waals surface area contributed by atoms with Crippen LogP contribution >= 0.6 is 0 Å². The van der Waals surface area contributed by atoms with Crippen LogP contribution in [0.15, 0.2) is 188 Å². The van der Waals surface area contributed by atoms with E-state index in [9.17, 15) is 29.6 Å². The number of rotatable bonds is 12. The van der Waals surface area contributed by atoms with Gasteiger partial charge in [-0.25, -0.2) is 4.39 Å². The highest BCUT2D eigenvalue weighted by Crippen LogP contribution is 2.64. The average Bonchev–Trinajstić information content (AvgIpc) is 1.65. The standard InChI is InChI=1S/C18H22O.C17H21NO.C17H22O.C16H19F.2C16H20O.C16H18.C15H18O/c1-13(2)15-5-3-4-14(12-15)10-11-18(19,16-6-7-16)17-8-9-17;1-13(2)15-7-5-6-14(12-15)8-9-17(3)10-11-18(4)16(17)19;1-13(2)15-7-4-6-14(12-15)10-11-17(3,18)16-8-5-9-16;1-12(2)14-9-13(10-15(17)11-14)5-8-16(3)6-4-7-16;1-13(2)15-6-4-5-14(11-15)7-8-16(3)9-10-17-12-16;1-12(2)14-6-4-5-13(11-14)9-10-16(3,17)15-7-8-15;1-12(2)15-5-3-4-13(8-15)6-7-16-9-14(10-16)11-16;1-12(2)14-6-3-5-13(11-14)7-10-15(16)8-4-9-15/h3-5,12-13,16-17,19H,6-9H2,1-2H3;5-7,12-13H,10-11H2,1-4H3;4,6-7,12-13,16,18H,5,8-9H2,1-3H3;9-12H,4,6-7H2,1-3H3;4-6,11,13H,9-10,12H2,1-3H3;4-6,11-12,15,17H,7-8H2,1-3H3;3-5,8,12,14H,9-11H2,1-2H3;3,5-6,11-12,16H,4,8-9H2,1-2H3. The van der Waals surface area contributed by atoms with E-state index in [4.69, 9.17) is 4.74 Å². The first kappa shape index (κ1) is 109. The Kier molecular flexibility index (Phi) is 38.2. The maximum atomic E-state index is 13.4. The summed E-state index contributed by atoms with van der Waals surface area (Å²) in [6, 6.07) is 63.8.